The molecule has 1 unspecified atom stereocenters. The van der Waals surface area contributed by atoms with Crippen LogP contribution in [0.15, 0.2) is 47.1 Å². The third-order valence-corrected chi connectivity index (χ3v) is 5.94. The van der Waals surface area contributed by atoms with Gasteiger partial charge in [-0.1, -0.05) is 18.2 Å². The summed E-state index contributed by atoms with van der Waals surface area (Å²) in [5.41, 5.74) is 1.85. The van der Waals surface area contributed by atoms with Crippen molar-refractivity contribution in [3.8, 4) is 11.3 Å². The summed E-state index contributed by atoms with van der Waals surface area (Å²) in [5, 5.41) is -0.363. The molecule has 1 aliphatic rings. The maximum Gasteiger partial charge on any atom is 0.214 e. The number of nitrogens with one attached hydrogen (secondary N) is 1. The van der Waals surface area contributed by atoms with Gasteiger partial charge in [0.1, 0.15) is 5.76 Å². The molecule has 1 N–H and O–H groups in total. The Hall–Kier alpha value is -1.63. The molecule has 5 nitrogen and oxygen atoms in total. The molecule has 124 valence electrons. The van der Waals surface area contributed by atoms with Crippen LogP contribution in [0.4, 0.5) is 0 Å². The van der Waals surface area contributed by atoms with Crippen molar-refractivity contribution < 1.29 is 17.6 Å². The molecule has 1 fully saturated rings. The van der Waals surface area contributed by atoms with Gasteiger partial charge in [0, 0.05) is 25.3 Å². The fourth-order valence-corrected chi connectivity index (χ4v) is 4.25. The molecule has 2 aromatic rings. The molecule has 1 saturated heterocycles. The summed E-state index contributed by atoms with van der Waals surface area (Å²) in [6.45, 7) is 1.45. The topological polar surface area (TPSA) is 68.5 Å². The normalized spacial score (nSPS) is 19.4. The van der Waals surface area contributed by atoms with Crippen LogP contribution in [0, 0.1) is 0 Å². The van der Waals surface area contributed by atoms with Crippen molar-refractivity contribution in [2.45, 2.75) is 31.1 Å². The predicted molar refractivity (Wildman–Crippen MR) is 88.4 cm³/mol. The van der Waals surface area contributed by atoms with Gasteiger partial charge in [-0.25, -0.2) is 13.1 Å². The van der Waals surface area contributed by atoms with Gasteiger partial charge in [-0.15, -0.1) is 0 Å². The van der Waals surface area contributed by atoms with Gasteiger partial charge in [0.2, 0.25) is 10.0 Å². The highest BCUT2D eigenvalue weighted by Gasteiger charge is 2.26. The SMILES string of the molecule is O=S(=O)(NCc1cccc(-c2ccco2)c1)C1CCCOCC1. The van der Waals surface area contributed by atoms with Gasteiger partial charge in [-0.3, -0.25) is 0 Å². The van der Waals surface area contributed by atoms with Gasteiger partial charge in [-0.2, -0.15) is 0 Å². The van der Waals surface area contributed by atoms with E-state index in [2.05, 4.69) is 4.72 Å². The number of sulfonamides is 1. The van der Waals surface area contributed by atoms with Crippen LogP contribution in [0.2, 0.25) is 0 Å². The zero-order chi connectivity index (χ0) is 16.1. The van der Waals surface area contributed by atoms with Crippen LogP contribution in [0.5, 0.6) is 0 Å². The van der Waals surface area contributed by atoms with Crippen LogP contribution in [0.1, 0.15) is 24.8 Å². The first kappa shape index (κ1) is 16.2. The fourth-order valence-electron chi connectivity index (χ4n) is 2.76. The Bertz CT molecular complexity index is 717. The maximum atomic E-state index is 12.4. The van der Waals surface area contributed by atoms with Crippen LogP contribution in [-0.2, 0) is 21.3 Å². The lowest BCUT2D eigenvalue weighted by molar-refractivity contribution is 0.144. The minimum atomic E-state index is -3.32. The molecule has 1 aromatic carbocycles. The van der Waals surface area contributed by atoms with Gasteiger partial charge >= 0.3 is 0 Å². The number of ether oxygens (including phenoxy) is 1. The van der Waals surface area contributed by atoms with Crippen LogP contribution in [-0.4, -0.2) is 26.9 Å². The lowest BCUT2D eigenvalue weighted by Gasteiger charge is -2.15. The molecule has 3 rings (SSSR count). The quantitative estimate of drug-likeness (QED) is 0.912. The van der Waals surface area contributed by atoms with Crippen LogP contribution in [0.3, 0.4) is 0 Å². The van der Waals surface area contributed by atoms with Gasteiger partial charge in [0.25, 0.3) is 0 Å². The van der Waals surface area contributed by atoms with E-state index in [-0.39, 0.29) is 11.8 Å². The van der Waals surface area contributed by atoms with Crippen molar-refractivity contribution >= 4 is 10.0 Å². The Morgan fingerprint density at radius 3 is 2.87 bits per heavy atom. The molecule has 0 aliphatic carbocycles. The Balaban J connectivity index is 1.66. The van der Waals surface area contributed by atoms with Crippen LogP contribution >= 0.6 is 0 Å². The highest BCUT2D eigenvalue weighted by Crippen LogP contribution is 2.21. The third-order valence-electron chi connectivity index (χ3n) is 4.05. The fraction of sp³-hybridized carbons (Fsp3) is 0.412. The Morgan fingerprint density at radius 2 is 2.04 bits per heavy atom. The Kier molecular flexibility index (Phi) is 5.15. The first-order chi connectivity index (χ1) is 11.1. The molecule has 0 amide bonds. The molecule has 0 spiro atoms. The molecule has 2 heterocycles. The second-order valence-corrected chi connectivity index (χ2v) is 7.75. The van der Waals surface area contributed by atoms with Crippen molar-refractivity contribution in [2.75, 3.05) is 13.2 Å². The van der Waals surface area contributed by atoms with E-state index in [1.165, 1.54) is 0 Å². The number of furan rings is 1. The van der Waals surface area contributed by atoms with E-state index in [0.717, 1.165) is 23.3 Å². The molecular formula is C17H21NO4S. The molecule has 0 bridgehead atoms. The van der Waals surface area contributed by atoms with Crippen molar-refractivity contribution in [3.05, 3.63) is 48.2 Å². The average Bonchev–Trinajstić information content (AvgIpc) is 2.95. The summed E-state index contributed by atoms with van der Waals surface area (Å²) in [6, 6.07) is 11.4. The zero-order valence-electron chi connectivity index (χ0n) is 12.9. The zero-order valence-corrected chi connectivity index (χ0v) is 13.7. The summed E-state index contributed by atoms with van der Waals surface area (Å²) in [4.78, 5) is 0. The Morgan fingerprint density at radius 1 is 1.13 bits per heavy atom. The molecule has 0 saturated carbocycles. The van der Waals surface area contributed by atoms with Crippen LogP contribution in [0.25, 0.3) is 11.3 Å². The summed E-state index contributed by atoms with van der Waals surface area (Å²) >= 11 is 0. The van der Waals surface area contributed by atoms with Gasteiger partial charge < -0.3 is 9.15 Å². The van der Waals surface area contributed by atoms with E-state index in [9.17, 15) is 8.42 Å². The van der Waals surface area contributed by atoms with E-state index in [1.54, 1.807) is 6.26 Å². The average molecular weight is 335 g/mol. The van der Waals surface area contributed by atoms with E-state index in [1.807, 2.05) is 36.4 Å². The van der Waals surface area contributed by atoms with Crippen molar-refractivity contribution in [2.24, 2.45) is 0 Å². The van der Waals surface area contributed by atoms with E-state index in [0.29, 0.717) is 26.1 Å². The Labute approximate surface area is 136 Å². The maximum absolute atomic E-state index is 12.4. The number of hydrogen-bond donors (Lipinski definition) is 1. The van der Waals surface area contributed by atoms with Crippen molar-refractivity contribution in [3.63, 3.8) is 0 Å². The van der Waals surface area contributed by atoms with E-state index in [4.69, 9.17) is 9.15 Å². The minimum Gasteiger partial charge on any atom is -0.464 e. The van der Waals surface area contributed by atoms with E-state index >= 15 is 0 Å². The first-order valence-corrected chi connectivity index (χ1v) is 9.39. The van der Waals surface area contributed by atoms with Crippen molar-refractivity contribution in [1.82, 2.24) is 4.72 Å². The standard InChI is InChI=1S/C17H21NO4S/c19-23(20,16-6-2-9-21-11-8-16)18-13-14-4-1-5-15(12-14)17-7-3-10-22-17/h1,3-5,7,10,12,16,18H,2,6,8-9,11,13H2. The second-order valence-electron chi connectivity index (χ2n) is 5.71. The minimum absolute atomic E-state index is 0.286. The predicted octanol–water partition coefficient (Wildman–Crippen LogP) is 2.94. The highest BCUT2D eigenvalue weighted by molar-refractivity contribution is 7.90. The monoisotopic (exact) mass is 335 g/mol. The summed E-state index contributed by atoms with van der Waals surface area (Å²) < 4.78 is 38.3. The number of benzene rings is 1. The van der Waals surface area contributed by atoms with Gasteiger partial charge in [-0.05, 0) is 43.0 Å². The largest absolute Gasteiger partial charge is 0.464 e. The molecule has 1 aliphatic heterocycles. The highest BCUT2D eigenvalue weighted by atomic mass is 32.2. The van der Waals surface area contributed by atoms with Crippen LogP contribution < -0.4 is 4.72 Å². The second kappa shape index (κ2) is 7.29. The summed E-state index contributed by atoms with van der Waals surface area (Å²) in [5.74, 6) is 0.774. The number of hydrogen-bond acceptors (Lipinski definition) is 4. The van der Waals surface area contributed by atoms with Crippen molar-refractivity contribution in [1.29, 1.82) is 0 Å². The third kappa shape index (κ3) is 4.22. The molecule has 6 heteroatoms. The molecule has 23 heavy (non-hydrogen) atoms. The number of rotatable bonds is 5. The molecule has 1 aromatic heterocycles. The lowest BCUT2D eigenvalue weighted by Crippen LogP contribution is -2.34. The first-order valence-electron chi connectivity index (χ1n) is 7.84. The smallest absolute Gasteiger partial charge is 0.214 e. The molecule has 0 radical (unpaired) electrons. The summed E-state index contributed by atoms with van der Waals surface area (Å²) in [6.07, 6.45) is 3.63. The molecular weight excluding hydrogens is 314 g/mol. The van der Waals surface area contributed by atoms with Gasteiger partial charge in [0.15, 0.2) is 0 Å². The molecule has 1 atom stereocenters. The lowest BCUT2D eigenvalue weighted by atomic mass is 10.1. The van der Waals surface area contributed by atoms with Gasteiger partial charge in [0.05, 0.1) is 11.5 Å². The van der Waals surface area contributed by atoms with E-state index < -0.39 is 10.0 Å². The summed E-state index contributed by atoms with van der Waals surface area (Å²) in [7, 11) is -3.32.